The third-order valence-electron chi connectivity index (χ3n) is 2.39. The van der Waals surface area contributed by atoms with Crippen LogP contribution in [-0.2, 0) is 5.75 Å². The van der Waals surface area contributed by atoms with Crippen LogP contribution in [0.2, 0.25) is 0 Å². The molecule has 1 aromatic rings. The molecule has 3 N–H and O–H groups in total. The highest BCUT2D eigenvalue weighted by molar-refractivity contribution is 7.98. The van der Waals surface area contributed by atoms with E-state index in [4.69, 9.17) is 5.73 Å². The van der Waals surface area contributed by atoms with Crippen molar-refractivity contribution in [3.63, 3.8) is 0 Å². The van der Waals surface area contributed by atoms with Gasteiger partial charge in [-0.15, -0.1) is 0 Å². The number of hydrogen-bond acceptors (Lipinski definition) is 3. The molecule has 0 unspecified atom stereocenters. The van der Waals surface area contributed by atoms with Crippen LogP contribution in [0.25, 0.3) is 0 Å². The van der Waals surface area contributed by atoms with Gasteiger partial charge in [0.05, 0.1) is 0 Å². The first-order valence-electron chi connectivity index (χ1n) is 6.16. The van der Waals surface area contributed by atoms with E-state index in [1.165, 1.54) is 5.56 Å². The first-order chi connectivity index (χ1) is 8.42. The van der Waals surface area contributed by atoms with Gasteiger partial charge < -0.3 is 11.1 Å². The number of nitrogens with two attached hydrogens (primary N) is 1. The molecule has 0 saturated carbocycles. The van der Waals surface area contributed by atoms with Gasteiger partial charge in [-0.1, -0.05) is 19.1 Å². The molecule has 0 radical (unpaired) electrons. The molecule has 1 aromatic carbocycles. The molecule has 0 aromatic heterocycles. The minimum Gasteiger partial charge on any atom is -0.350 e. The van der Waals surface area contributed by atoms with Gasteiger partial charge in [-0.05, 0) is 37.3 Å². The Labute approximate surface area is 114 Å². The molecular formula is C14H22N2OS. The smallest absolute Gasteiger partial charge is 0.251 e. The van der Waals surface area contributed by atoms with Crippen molar-refractivity contribution in [2.24, 2.45) is 5.73 Å². The molecule has 0 fully saturated rings. The Bertz CT molecular complexity index is 382. The van der Waals surface area contributed by atoms with Crippen molar-refractivity contribution in [1.82, 2.24) is 5.32 Å². The van der Waals surface area contributed by atoms with Crippen LogP contribution in [0.3, 0.4) is 0 Å². The van der Waals surface area contributed by atoms with Crippen LogP contribution in [-0.4, -0.2) is 23.7 Å². The Balaban J connectivity index is 2.54. The standard InChI is InChI=1S/C14H22N2OS/c1-4-18-9-11-5-7-12(8-6-11)13(17)16-10-14(2,3)15/h5-8H,4,9-10,15H2,1-3H3,(H,16,17). The highest BCUT2D eigenvalue weighted by Crippen LogP contribution is 2.12. The van der Waals surface area contributed by atoms with Gasteiger partial charge in [-0.25, -0.2) is 0 Å². The summed E-state index contributed by atoms with van der Waals surface area (Å²) >= 11 is 1.87. The van der Waals surface area contributed by atoms with E-state index in [0.717, 1.165) is 11.5 Å². The maximum atomic E-state index is 11.8. The van der Waals surface area contributed by atoms with Crippen molar-refractivity contribution < 1.29 is 4.79 Å². The van der Waals surface area contributed by atoms with Gasteiger partial charge >= 0.3 is 0 Å². The molecule has 3 nitrogen and oxygen atoms in total. The van der Waals surface area contributed by atoms with Crippen LogP contribution in [0, 0.1) is 0 Å². The number of hydrogen-bond donors (Lipinski definition) is 2. The Hall–Kier alpha value is -1.00. The van der Waals surface area contributed by atoms with Crippen LogP contribution >= 0.6 is 11.8 Å². The average molecular weight is 266 g/mol. The van der Waals surface area contributed by atoms with E-state index < -0.39 is 0 Å². The molecule has 1 rings (SSSR count). The molecule has 0 saturated heterocycles. The lowest BCUT2D eigenvalue weighted by Crippen LogP contribution is -2.45. The SMILES string of the molecule is CCSCc1ccc(C(=O)NCC(C)(C)N)cc1. The molecule has 0 aliphatic rings. The first-order valence-corrected chi connectivity index (χ1v) is 7.31. The normalized spacial score (nSPS) is 11.3. The third kappa shape index (κ3) is 5.56. The highest BCUT2D eigenvalue weighted by Gasteiger charge is 2.13. The number of benzene rings is 1. The van der Waals surface area contributed by atoms with E-state index in [0.29, 0.717) is 12.1 Å². The summed E-state index contributed by atoms with van der Waals surface area (Å²) in [5, 5.41) is 2.83. The maximum absolute atomic E-state index is 11.8. The van der Waals surface area contributed by atoms with Gasteiger partial charge in [0.15, 0.2) is 0 Å². The van der Waals surface area contributed by atoms with Crippen LogP contribution in [0.5, 0.6) is 0 Å². The summed E-state index contributed by atoms with van der Waals surface area (Å²) in [5.74, 6) is 2.03. The molecule has 0 heterocycles. The van der Waals surface area contributed by atoms with Crippen molar-refractivity contribution in [2.75, 3.05) is 12.3 Å². The Morgan fingerprint density at radius 1 is 1.33 bits per heavy atom. The summed E-state index contributed by atoms with van der Waals surface area (Å²) in [6, 6.07) is 7.74. The van der Waals surface area contributed by atoms with E-state index in [1.807, 2.05) is 49.9 Å². The van der Waals surface area contributed by atoms with Crippen molar-refractivity contribution in [3.05, 3.63) is 35.4 Å². The molecular weight excluding hydrogens is 244 g/mol. The number of nitrogens with one attached hydrogen (secondary N) is 1. The molecule has 0 bridgehead atoms. The predicted molar refractivity (Wildman–Crippen MR) is 78.9 cm³/mol. The molecule has 4 heteroatoms. The molecule has 100 valence electrons. The number of thioether (sulfide) groups is 1. The second-order valence-corrected chi connectivity index (χ2v) is 6.28. The Kier molecular flexibility index (Phi) is 5.69. The van der Waals surface area contributed by atoms with Gasteiger partial charge in [-0.2, -0.15) is 11.8 Å². The maximum Gasteiger partial charge on any atom is 0.251 e. The van der Waals surface area contributed by atoms with Gasteiger partial charge in [0, 0.05) is 23.4 Å². The minimum absolute atomic E-state index is 0.0665. The van der Waals surface area contributed by atoms with E-state index in [1.54, 1.807) is 0 Å². The van der Waals surface area contributed by atoms with Gasteiger partial charge in [0.25, 0.3) is 5.91 Å². The monoisotopic (exact) mass is 266 g/mol. The summed E-state index contributed by atoms with van der Waals surface area (Å²) < 4.78 is 0. The summed E-state index contributed by atoms with van der Waals surface area (Å²) in [6.07, 6.45) is 0. The van der Waals surface area contributed by atoms with Crippen molar-refractivity contribution in [1.29, 1.82) is 0 Å². The van der Waals surface area contributed by atoms with Crippen molar-refractivity contribution in [2.45, 2.75) is 32.1 Å². The van der Waals surface area contributed by atoms with Gasteiger partial charge in [0.2, 0.25) is 0 Å². The Morgan fingerprint density at radius 2 is 1.94 bits per heavy atom. The zero-order valence-electron chi connectivity index (χ0n) is 11.3. The van der Waals surface area contributed by atoms with E-state index in [-0.39, 0.29) is 11.4 Å². The molecule has 18 heavy (non-hydrogen) atoms. The predicted octanol–water partition coefficient (Wildman–Crippen LogP) is 2.41. The van der Waals surface area contributed by atoms with Crippen molar-refractivity contribution >= 4 is 17.7 Å². The number of rotatable bonds is 6. The van der Waals surface area contributed by atoms with Crippen LogP contribution in [0.4, 0.5) is 0 Å². The second kappa shape index (κ2) is 6.81. The number of amides is 1. The highest BCUT2D eigenvalue weighted by atomic mass is 32.2. The quantitative estimate of drug-likeness (QED) is 0.831. The first kappa shape index (κ1) is 15.1. The summed E-state index contributed by atoms with van der Waals surface area (Å²) in [7, 11) is 0. The summed E-state index contributed by atoms with van der Waals surface area (Å²) in [5.41, 5.74) is 7.37. The fourth-order valence-corrected chi connectivity index (χ4v) is 2.01. The molecule has 0 aliphatic heterocycles. The largest absolute Gasteiger partial charge is 0.350 e. The average Bonchev–Trinajstić information content (AvgIpc) is 2.33. The topological polar surface area (TPSA) is 55.1 Å². The zero-order valence-corrected chi connectivity index (χ0v) is 12.1. The Morgan fingerprint density at radius 3 is 2.44 bits per heavy atom. The van der Waals surface area contributed by atoms with Crippen LogP contribution < -0.4 is 11.1 Å². The fraction of sp³-hybridized carbons (Fsp3) is 0.500. The second-order valence-electron chi connectivity index (χ2n) is 5.01. The van der Waals surface area contributed by atoms with E-state index in [2.05, 4.69) is 12.2 Å². The molecule has 0 spiro atoms. The van der Waals surface area contributed by atoms with Gasteiger partial charge in [0.1, 0.15) is 0 Å². The minimum atomic E-state index is -0.382. The summed E-state index contributed by atoms with van der Waals surface area (Å²) in [6.45, 7) is 6.39. The number of carbonyl (C=O) groups excluding carboxylic acids is 1. The lowest BCUT2D eigenvalue weighted by molar-refractivity contribution is 0.0946. The lowest BCUT2D eigenvalue weighted by atomic mass is 10.1. The summed E-state index contributed by atoms with van der Waals surface area (Å²) in [4.78, 5) is 11.8. The third-order valence-corrected chi connectivity index (χ3v) is 3.34. The van der Waals surface area contributed by atoms with Gasteiger partial charge in [-0.3, -0.25) is 4.79 Å². The van der Waals surface area contributed by atoms with Crippen LogP contribution in [0.15, 0.2) is 24.3 Å². The van der Waals surface area contributed by atoms with E-state index >= 15 is 0 Å². The zero-order chi connectivity index (χ0) is 13.6. The van der Waals surface area contributed by atoms with E-state index in [9.17, 15) is 4.79 Å². The van der Waals surface area contributed by atoms with Crippen LogP contribution in [0.1, 0.15) is 36.7 Å². The number of carbonyl (C=O) groups is 1. The molecule has 1 amide bonds. The lowest BCUT2D eigenvalue weighted by Gasteiger charge is -2.18. The molecule has 0 atom stereocenters. The van der Waals surface area contributed by atoms with Crippen molar-refractivity contribution in [3.8, 4) is 0 Å². The fourth-order valence-electron chi connectivity index (χ4n) is 1.38. The molecule has 0 aliphatic carbocycles.